The highest BCUT2D eigenvalue weighted by atomic mass is 19.1. The summed E-state index contributed by atoms with van der Waals surface area (Å²) >= 11 is 0. The highest BCUT2D eigenvalue weighted by Crippen LogP contribution is 2.13. The van der Waals surface area contributed by atoms with Crippen LogP contribution in [0.1, 0.15) is 0 Å². The lowest BCUT2D eigenvalue weighted by Gasteiger charge is -2.05. The van der Waals surface area contributed by atoms with Gasteiger partial charge in [-0.3, -0.25) is 0 Å². The summed E-state index contributed by atoms with van der Waals surface area (Å²) in [6, 6.07) is 12.1. The minimum atomic E-state index is -0.671. The molecule has 0 spiro atoms. The van der Waals surface area contributed by atoms with Crippen molar-refractivity contribution >= 4 is 7.69 Å². The zero-order valence-corrected chi connectivity index (χ0v) is 8.34. The molecule has 3 nitrogen and oxygen atoms in total. The Bertz CT molecular complexity index is 453. The number of pyridine rings is 1. The summed E-state index contributed by atoms with van der Waals surface area (Å²) in [7, 11) is 1.06. The van der Waals surface area contributed by atoms with E-state index in [1.807, 2.05) is 18.2 Å². The van der Waals surface area contributed by atoms with E-state index in [0.717, 1.165) is 7.69 Å². The first-order valence-electron chi connectivity index (χ1n) is 4.67. The Morgan fingerprint density at radius 1 is 1.00 bits per heavy atom. The van der Waals surface area contributed by atoms with E-state index in [1.165, 1.54) is 12.3 Å². The summed E-state index contributed by atoms with van der Waals surface area (Å²) < 4.78 is 23.1. The predicted molar refractivity (Wildman–Crippen MR) is 57.6 cm³/mol. The number of hydrogen-bond acceptors (Lipinski definition) is 3. The fourth-order valence-electron chi connectivity index (χ4n) is 1.09. The fraction of sp³-hybridized carbons (Fsp3) is 0. The minimum absolute atomic E-state index is 0.0263. The first kappa shape index (κ1) is 10.5. The van der Waals surface area contributed by atoms with Crippen molar-refractivity contribution in [2.45, 2.75) is 0 Å². The maximum Gasteiger partial charge on any atom is 0.658 e. The van der Waals surface area contributed by atoms with Gasteiger partial charge in [0.05, 0.1) is 0 Å². The molecule has 0 fully saturated rings. The van der Waals surface area contributed by atoms with Crippen molar-refractivity contribution in [3.05, 3.63) is 54.6 Å². The zero-order chi connectivity index (χ0) is 11.2. The van der Waals surface area contributed by atoms with Crippen LogP contribution in [0.3, 0.4) is 0 Å². The molecule has 0 aliphatic rings. The van der Waals surface area contributed by atoms with Crippen LogP contribution in [0.15, 0.2) is 48.7 Å². The van der Waals surface area contributed by atoms with E-state index in [9.17, 15) is 4.39 Å². The number of para-hydroxylation sites is 1. The number of rotatable bonds is 4. The monoisotopic (exact) mass is 216 g/mol. The van der Waals surface area contributed by atoms with Gasteiger partial charge in [0.25, 0.3) is 5.95 Å². The van der Waals surface area contributed by atoms with Gasteiger partial charge in [0.15, 0.2) is 5.75 Å². The van der Waals surface area contributed by atoms with Gasteiger partial charge in [-0.05, 0) is 24.3 Å². The Kier molecular flexibility index (Phi) is 3.38. The molecule has 1 radical (unpaired) electrons. The lowest BCUT2D eigenvalue weighted by atomic mass is 10.3. The van der Waals surface area contributed by atoms with Crippen LogP contribution in [0.5, 0.6) is 11.5 Å². The van der Waals surface area contributed by atoms with Crippen molar-refractivity contribution in [2.24, 2.45) is 0 Å². The first-order chi connectivity index (χ1) is 7.86. The van der Waals surface area contributed by atoms with Gasteiger partial charge in [-0.2, -0.15) is 4.39 Å². The Morgan fingerprint density at radius 2 is 1.81 bits per heavy atom. The van der Waals surface area contributed by atoms with Crippen molar-refractivity contribution in [3.8, 4) is 11.5 Å². The summed E-state index contributed by atoms with van der Waals surface area (Å²) in [5.41, 5.74) is 0. The smallest absolute Gasteiger partial charge is 0.526 e. The molecule has 1 aromatic carbocycles. The SMILES string of the molecule is Fc1ncccc1O[B]Oc1ccccc1. The number of nitrogens with zero attached hydrogens (tertiary/aromatic N) is 1. The molecule has 16 heavy (non-hydrogen) atoms. The summed E-state index contributed by atoms with van der Waals surface area (Å²) in [6.07, 6.45) is 1.35. The van der Waals surface area contributed by atoms with E-state index in [1.54, 1.807) is 18.2 Å². The number of aromatic nitrogens is 1. The van der Waals surface area contributed by atoms with Crippen LogP contribution in [0.25, 0.3) is 0 Å². The molecule has 0 saturated heterocycles. The molecule has 1 aromatic heterocycles. The number of hydrogen-bond donors (Lipinski definition) is 0. The average Bonchev–Trinajstić information content (AvgIpc) is 2.33. The molecule has 0 aliphatic carbocycles. The summed E-state index contributed by atoms with van der Waals surface area (Å²) in [6.45, 7) is 0. The molecule has 0 saturated carbocycles. The summed E-state index contributed by atoms with van der Waals surface area (Å²) in [4.78, 5) is 3.44. The lowest BCUT2D eigenvalue weighted by Crippen LogP contribution is -2.11. The van der Waals surface area contributed by atoms with E-state index < -0.39 is 5.95 Å². The number of benzene rings is 1. The summed E-state index contributed by atoms with van der Waals surface area (Å²) in [5.74, 6) is -0.0272. The van der Waals surface area contributed by atoms with E-state index in [2.05, 4.69) is 4.98 Å². The molecule has 2 aromatic rings. The summed E-state index contributed by atoms with van der Waals surface area (Å²) in [5, 5.41) is 0. The Balaban J connectivity index is 1.87. The largest absolute Gasteiger partial charge is 0.658 e. The second-order valence-electron chi connectivity index (χ2n) is 2.94. The molecule has 0 unspecified atom stereocenters. The molecular weight excluding hydrogens is 208 g/mol. The Morgan fingerprint density at radius 3 is 2.56 bits per heavy atom. The van der Waals surface area contributed by atoms with Crippen LogP contribution in [-0.4, -0.2) is 12.7 Å². The van der Waals surface area contributed by atoms with Crippen molar-refractivity contribution in [2.75, 3.05) is 0 Å². The third-order valence-corrected chi connectivity index (χ3v) is 1.83. The van der Waals surface area contributed by atoms with Gasteiger partial charge in [0.2, 0.25) is 0 Å². The fourth-order valence-corrected chi connectivity index (χ4v) is 1.09. The molecule has 0 aliphatic heterocycles. The van der Waals surface area contributed by atoms with Crippen LogP contribution in [0, 0.1) is 5.95 Å². The van der Waals surface area contributed by atoms with Gasteiger partial charge in [-0.15, -0.1) is 0 Å². The zero-order valence-electron chi connectivity index (χ0n) is 8.34. The van der Waals surface area contributed by atoms with Crippen LogP contribution in [0.2, 0.25) is 0 Å². The molecule has 79 valence electrons. The van der Waals surface area contributed by atoms with Gasteiger partial charge in [-0.25, -0.2) is 4.98 Å². The van der Waals surface area contributed by atoms with E-state index in [-0.39, 0.29) is 5.75 Å². The van der Waals surface area contributed by atoms with Crippen molar-refractivity contribution < 1.29 is 13.7 Å². The highest BCUT2D eigenvalue weighted by Gasteiger charge is 2.06. The standard InChI is InChI=1S/C11H8BFNO2/c13-11-10(7-4-8-14-11)16-12-15-9-5-2-1-3-6-9/h1-8H. The molecule has 5 heteroatoms. The Labute approximate surface area is 93.2 Å². The number of halogens is 1. The van der Waals surface area contributed by atoms with E-state index in [4.69, 9.17) is 9.31 Å². The van der Waals surface area contributed by atoms with Crippen LogP contribution in [-0.2, 0) is 0 Å². The molecule has 0 N–H and O–H groups in total. The second kappa shape index (κ2) is 5.16. The van der Waals surface area contributed by atoms with E-state index >= 15 is 0 Å². The van der Waals surface area contributed by atoms with Crippen molar-refractivity contribution in [1.29, 1.82) is 0 Å². The molecule has 0 bridgehead atoms. The predicted octanol–water partition coefficient (Wildman–Crippen LogP) is 2.21. The van der Waals surface area contributed by atoms with Gasteiger partial charge < -0.3 is 9.31 Å². The van der Waals surface area contributed by atoms with Gasteiger partial charge in [0.1, 0.15) is 5.75 Å². The molecule has 2 rings (SSSR count). The Hall–Kier alpha value is -2.04. The third kappa shape index (κ3) is 2.73. The van der Waals surface area contributed by atoms with Crippen molar-refractivity contribution in [1.82, 2.24) is 4.98 Å². The third-order valence-electron chi connectivity index (χ3n) is 1.83. The minimum Gasteiger partial charge on any atom is -0.526 e. The normalized spacial score (nSPS) is 9.56. The lowest BCUT2D eigenvalue weighted by molar-refractivity contribution is 0.428. The molecule has 1 heterocycles. The van der Waals surface area contributed by atoms with Gasteiger partial charge in [-0.1, -0.05) is 18.2 Å². The maximum absolute atomic E-state index is 13.0. The maximum atomic E-state index is 13.0. The molecule has 0 amide bonds. The average molecular weight is 216 g/mol. The second-order valence-corrected chi connectivity index (χ2v) is 2.94. The van der Waals surface area contributed by atoms with Crippen LogP contribution < -0.4 is 9.31 Å². The highest BCUT2D eigenvalue weighted by molar-refractivity contribution is 6.20. The molecule has 0 atom stereocenters. The van der Waals surface area contributed by atoms with Crippen LogP contribution >= 0.6 is 0 Å². The topological polar surface area (TPSA) is 31.4 Å². The van der Waals surface area contributed by atoms with Crippen molar-refractivity contribution in [3.63, 3.8) is 0 Å². The van der Waals surface area contributed by atoms with Gasteiger partial charge in [0, 0.05) is 6.20 Å². The van der Waals surface area contributed by atoms with E-state index in [0.29, 0.717) is 5.75 Å². The molecular formula is C11H8BFNO2. The quantitative estimate of drug-likeness (QED) is 0.579. The van der Waals surface area contributed by atoms with Crippen LogP contribution in [0.4, 0.5) is 4.39 Å². The van der Waals surface area contributed by atoms with Gasteiger partial charge >= 0.3 is 7.69 Å². The first-order valence-corrected chi connectivity index (χ1v) is 4.67.